The van der Waals surface area contributed by atoms with Crippen LogP contribution in [-0.4, -0.2) is 33.9 Å². The normalized spacial score (nSPS) is 19.5. The Labute approximate surface area is 115 Å². The lowest BCUT2D eigenvalue weighted by Crippen LogP contribution is -2.09. The van der Waals surface area contributed by atoms with Gasteiger partial charge in [-0.05, 0) is 43.0 Å². The van der Waals surface area contributed by atoms with E-state index in [-0.39, 0.29) is 5.75 Å². The van der Waals surface area contributed by atoms with Crippen molar-refractivity contribution in [3.63, 3.8) is 0 Å². The maximum absolute atomic E-state index is 11.7. The van der Waals surface area contributed by atoms with Crippen LogP contribution in [0.5, 0.6) is 0 Å². The van der Waals surface area contributed by atoms with Crippen LogP contribution in [0.1, 0.15) is 19.8 Å². The molecule has 1 aromatic carbocycles. The number of sulfone groups is 1. The Bertz CT molecular complexity index is 490. The lowest BCUT2D eigenvalue weighted by Gasteiger charge is -2.10. The van der Waals surface area contributed by atoms with E-state index >= 15 is 0 Å². The second kappa shape index (κ2) is 6.39. The molecule has 1 atom stereocenters. The molecule has 0 radical (unpaired) electrons. The van der Waals surface area contributed by atoms with Gasteiger partial charge < -0.3 is 10.1 Å². The molecule has 0 aliphatic carbocycles. The second-order valence-electron chi connectivity index (χ2n) is 4.87. The fraction of sp³-hybridized carbons (Fsp3) is 0.571. The first-order valence-corrected chi connectivity index (χ1v) is 8.41. The molecule has 0 spiro atoms. The van der Waals surface area contributed by atoms with Gasteiger partial charge >= 0.3 is 0 Å². The first-order chi connectivity index (χ1) is 9.12. The Kier molecular flexibility index (Phi) is 4.82. The highest BCUT2D eigenvalue weighted by molar-refractivity contribution is 7.91. The fourth-order valence-corrected chi connectivity index (χ4v) is 3.06. The predicted octanol–water partition coefficient (Wildman–Crippen LogP) is 2.32. The number of nitrogens with one attached hydrogen (secondary N) is 1. The highest BCUT2D eigenvalue weighted by atomic mass is 32.2. The summed E-state index contributed by atoms with van der Waals surface area (Å²) in [6.45, 7) is 4.31. The predicted molar refractivity (Wildman–Crippen MR) is 76.2 cm³/mol. The number of anilines is 1. The summed E-state index contributed by atoms with van der Waals surface area (Å²) in [6.07, 6.45) is 2.24. The number of rotatable bonds is 6. The van der Waals surface area contributed by atoms with Gasteiger partial charge in [0.25, 0.3) is 0 Å². The summed E-state index contributed by atoms with van der Waals surface area (Å²) in [6, 6.07) is 6.99. The fourth-order valence-electron chi connectivity index (χ4n) is 2.18. The van der Waals surface area contributed by atoms with Gasteiger partial charge in [0.1, 0.15) is 0 Å². The molecule has 1 N–H and O–H groups in total. The Morgan fingerprint density at radius 3 is 2.63 bits per heavy atom. The molecule has 106 valence electrons. The largest absolute Gasteiger partial charge is 0.385 e. The highest BCUT2D eigenvalue weighted by Crippen LogP contribution is 2.18. The maximum atomic E-state index is 11.7. The Morgan fingerprint density at radius 1 is 1.32 bits per heavy atom. The van der Waals surface area contributed by atoms with Crippen molar-refractivity contribution >= 4 is 15.5 Å². The van der Waals surface area contributed by atoms with Crippen molar-refractivity contribution in [2.75, 3.05) is 30.8 Å². The van der Waals surface area contributed by atoms with Crippen molar-refractivity contribution in [1.82, 2.24) is 0 Å². The van der Waals surface area contributed by atoms with Crippen molar-refractivity contribution in [3.05, 3.63) is 24.3 Å². The molecule has 1 aliphatic rings. The summed E-state index contributed by atoms with van der Waals surface area (Å²) in [5, 5.41) is 3.32. The first kappa shape index (κ1) is 14.3. The molecule has 0 aromatic heterocycles. The van der Waals surface area contributed by atoms with Gasteiger partial charge in [-0.3, -0.25) is 0 Å². The lowest BCUT2D eigenvalue weighted by atomic mass is 10.1. The van der Waals surface area contributed by atoms with Gasteiger partial charge in [-0.15, -0.1) is 0 Å². The summed E-state index contributed by atoms with van der Waals surface area (Å²) in [5.41, 5.74) is 0.967. The zero-order valence-electron chi connectivity index (χ0n) is 11.3. The average molecular weight is 283 g/mol. The number of benzene rings is 1. The number of ether oxygens (including phenoxy) is 1. The van der Waals surface area contributed by atoms with Crippen molar-refractivity contribution in [2.45, 2.75) is 24.7 Å². The van der Waals surface area contributed by atoms with Crippen LogP contribution in [0.25, 0.3) is 0 Å². The van der Waals surface area contributed by atoms with Gasteiger partial charge in [0.2, 0.25) is 0 Å². The average Bonchev–Trinajstić information content (AvgIpc) is 2.92. The van der Waals surface area contributed by atoms with Crippen LogP contribution in [0, 0.1) is 5.92 Å². The summed E-state index contributed by atoms with van der Waals surface area (Å²) >= 11 is 0. The van der Waals surface area contributed by atoms with Crippen LogP contribution in [0.2, 0.25) is 0 Å². The van der Waals surface area contributed by atoms with Crippen molar-refractivity contribution in [1.29, 1.82) is 0 Å². The van der Waals surface area contributed by atoms with E-state index in [4.69, 9.17) is 4.74 Å². The standard InChI is InChI=1S/C14H21NO3S/c1-2-19(16,17)14-5-3-13(4-6-14)15-9-7-12-8-10-18-11-12/h3-6,12,15H,2,7-11H2,1H3. The van der Waals surface area contributed by atoms with Crippen LogP contribution >= 0.6 is 0 Å². The molecule has 2 rings (SSSR count). The molecule has 19 heavy (non-hydrogen) atoms. The van der Waals surface area contributed by atoms with Crippen LogP contribution in [0.4, 0.5) is 5.69 Å². The number of hydrogen-bond acceptors (Lipinski definition) is 4. The smallest absolute Gasteiger partial charge is 0.178 e. The zero-order chi connectivity index (χ0) is 13.7. The highest BCUT2D eigenvalue weighted by Gasteiger charge is 2.15. The van der Waals surface area contributed by atoms with Gasteiger partial charge in [-0.25, -0.2) is 8.42 Å². The van der Waals surface area contributed by atoms with Crippen LogP contribution in [-0.2, 0) is 14.6 Å². The van der Waals surface area contributed by atoms with E-state index in [0.29, 0.717) is 10.8 Å². The van der Waals surface area contributed by atoms with E-state index in [2.05, 4.69) is 5.32 Å². The summed E-state index contributed by atoms with van der Waals surface area (Å²) in [4.78, 5) is 0.393. The molecular formula is C14H21NO3S. The zero-order valence-corrected chi connectivity index (χ0v) is 12.1. The van der Waals surface area contributed by atoms with Crippen LogP contribution < -0.4 is 5.32 Å². The Hall–Kier alpha value is -1.07. The van der Waals surface area contributed by atoms with E-state index in [1.165, 1.54) is 0 Å². The topological polar surface area (TPSA) is 55.4 Å². The molecule has 1 aliphatic heterocycles. The van der Waals surface area contributed by atoms with Crippen LogP contribution in [0.3, 0.4) is 0 Å². The monoisotopic (exact) mass is 283 g/mol. The minimum absolute atomic E-state index is 0.140. The van der Waals surface area contributed by atoms with Gasteiger partial charge in [0.05, 0.1) is 10.6 Å². The molecule has 1 fully saturated rings. The molecule has 0 amide bonds. The van der Waals surface area contributed by atoms with Gasteiger partial charge in [-0.2, -0.15) is 0 Å². The van der Waals surface area contributed by atoms with Gasteiger partial charge in [-0.1, -0.05) is 6.92 Å². The minimum Gasteiger partial charge on any atom is -0.385 e. The molecule has 1 aromatic rings. The van der Waals surface area contributed by atoms with E-state index in [9.17, 15) is 8.42 Å². The maximum Gasteiger partial charge on any atom is 0.178 e. The number of hydrogen-bond donors (Lipinski definition) is 1. The Balaban J connectivity index is 1.85. The molecule has 0 bridgehead atoms. The van der Waals surface area contributed by atoms with Crippen molar-refractivity contribution < 1.29 is 13.2 Å². The van der Waals surface area contributed by atoms with Crippen molar-refractivity contribution in [3.8, 4) is 0 Å². The van der Waals surface area contributed by atoms with Gasteiger partial charge in [0.15, 0.2) is 9.84 Å². The Morgan fingerprint density at radius 2 is 2.05 bits per heavy atom. The molecule has 1 unspecified atom stereocenters. The third-order valence-electron chi connectivity index (χ3n) is 3.50. The van der Waals surface area contributed by atoms with E-state index in [1.807, 2.05) is 12.1 Å². The van der Waals surface area contributed by atoms with E-state index in [1.54, 1.807) is 19.1 Å². The third kappa shape index (κ3) is 3.94. The third-order valence-corrected chi connectivity index (χ3v) is 5.25. The lowest BCUT2D eigenvalue weighted by molar-refractivity contribution is 0.185. The van der Waals surface area contributed by atoms with E-state index in [0.717, 1.165) is 38.3 Å². The van der Waals surface area contributed by atoms with Gasteiger partial charge in [0, 0.05) is 25.4 Å². The van der Waals surface area contributed by atoms with Crippen molar-refractivity contribution in [2.24, 2.45) is 5.92 Å². The first-order valence-electron chi connectivity index (χ1n) is 6.76. The summed E-state index contributed by atoms with van der Waals surface area (Å²) < 4.78 is 28.7. The summed E-state index contributed by atoms with van der Waals surface area (Å²) in [7, 11) is -3.09. The quantitative estimate of drug-likeness (QED) is 0.870. The second-order valence-corrected chi connectivity index (χ2v) is 7.15. The van der Waals surface area contributed by atoms with E-state index < -0.39 is 9.84 Å². The molecule has 1 heterocycles. The molecule has 1 saturated heterocycles. The molecule has 0 saturated carbocycles. The SMILES string of the molecule is CCS(=O)(=O)c1ccc(NCCC2CCOC2)cc1. The molecular weight excluding hydrogens is 262 g/mol. The molecule has 5 heteroatoms. The van der Waals surface area contributed by atoms with Crippen LogP contribution in [0.15, 0.2) is 29.2 Å². The minimum atomic E-state index is -3.09. The molecule has 4 nitrogen and oxygen atoms in total. The summed E-state index contributed by atoms with van der Waals surface area (Å²) in [5.74, 6) is 0.800.